The predicted octanol–water partition coefficient (Wildman–Crippen LogP) is 6.28. The number of benzene rings is 3. The van der Waals surface area contributed by atoms with Crippen molar-refractivity contribution >= 4 is 22.7 Å². The number of hydrogen-bond donors (Lipinski definition) is 1. The predicted molar refractivity (Wildman–Crippen MR) is 126 cm³/mol. The normalized spacial score (nSPS) is 11.9. The van der Waals surface area contributed by atoms with E-state index < -0.39 is 0 Å². The Labute approximate surface area is 187 Å². The van der Waals surface area contributed by atoms with Gasteiger partial charge in [-0.25, -0.2) is 4.98 Å². The van der Waals surface area contributed by atoms with E-state index in [0.29, 0.717) is 34.6 Å². The maximum absolute atomic E-state index is 12.7. The first-order chi connectivity index (χ1) is 15.5. The van der Waals surface area contributed by atoms with Gasteiger partial charge in [0.05, 0.1) is 14.2 Å². The molecule has 1 aromatic heterocycles. The molecule has 4 aromatic rings. The lowest BCUT2D eigenvalue weighted by molar-refractivity contribution is 0.102. The van der Waals surface area contributed by atoms with Crippen molar-refractivity contribution in [3.8, 4) is 23.0 Å². The molecule has 1 amide bonds. The number of aromatic nitrogens is 1. The minimum atomic E-state index is -0.255. The van der Waals surface area contributed by atoms with Crippen LogP contribution < -0.4 is 14.8 Å². The largest absolute Gasteiger partial charge is 0.497 e. The lowest BCUT2D eigenvalue weighted by atomic mass is 9.98. The molecule has 1 heterocycles. The zero-order valence-corrected chi connectivity index (χ0v) is 18.6. The van der Waals surface area contributed by atoms with Crippen LogP contribution in [0.15, 0.2) is 65.1 Å². The minimum absolute atomic E-state index is 0.255. The molecule has 0 saturated heterocycles. The van der Waals surface area contributed by atoms with E-state index in [1.165, 1.54) is 5.56 Å². The quantitative estimate of drug-likeness (QED) is 0.374. The minimum Gasteiger partial charge on any atom is -0.497 e. The van der Waals surface area contributed by atoms with Crippen molar-refractivity contribution in [2.75, 3.05) is 19.5 Å². The topological polar surface area (TPSA) is 73.6 Å². The zero-order valence-electron chi connectivity index (χ0n) is 18.6. The smallest absolute Gasteiger partial charge is 0.255 e. The van der Waals surface area contributed by atoms with Crippen LogP contribution >= 0.6 is 0 Å². The van der Waals surface area contributed by atoms with Crippen molar-refractivity contribution < 1.29 is 18.7 Å². The van der Waals surface area contributed by atoms with Crippen LogP contribution in [0, 0.1) is 0 Å². The Morgan fingerprint density at radius 2 is 1.69 bits per heavy atom. The van der Waals surface area contributed by atoms with E-state index in [-0.39, 0.29) is 5.91 Å². The summed E-state index contributed by atoms with van der Waals surface area (Å²) in [6.45, 7) is 4.38. The Morgan fingerprint density at radius 1 is 1.00 bits per heavy atom. The molecule has 0 bridgehead atoms. The first kappa shape index (κ1) is 21.4. The molecule has 164 valence electrons. The standard InChI is InChI=1S/C26H26N2O4/c1-5-16(2)18-8-11-24-23(14-18)28-26(32-24)17-6-9-20(10-7-17)27-25(29)19-12-21(30-3)15-22(13-19)31-4/h6-16H,5H2,1-4H3,(H,27,29)/t16-/m1/s1. The van der Waals surface area contributed by atoms with E-state index in [2.05, 4.69) is 36.3 Å². The summed E-state index contributed by atoms with van der Waals surface area (Å²) < 4.78 is 16.4. The molecule has 0 unspecified atom stereocenters. The number of oxazole rings is 1. The fourth-order valence-electron chi connectivity index (χ4n) is 3.45. The fourth-order valence-corrected chi connectivity index (χ4v) is 3.45. The molecule has 0 aliphatic heterocycles. The fraction of sp³-hybridized carbons (Fsp3) is 0.231. The number of carbonyl (C=O) groups is 1. The molecule has 32 heavy (non-hydrogen) atoms. The monoisotopic (exact) mass is 430 g/mol. The average molecular weight is 431 g/mol. The summed E-state index contributed by atoms with van der Waals surface area (Å²) in [5.74, 6) is 1.88. The second-order valence-corrected chi connectivity index (χ2v) is 7.69. The van der Waals surface area contributed by atoms with E-state index in [1.807, 2.05) is 30.3 Å². The number of ether oxygens (including phenoxy) is 2. The number of nitrogens with zero attached hydrogens (tertiary/aromatic N) is 1. The van der Waals surface area contributed by atoms with Crippen LogP contribution in [-0.2, 0) is 0 Å². The summed E-state index contributed by atoms with van der Waals surface area (Å²) in [6.07, 6.45) is 1.08. The van der Waals surface area contributed by atoms with Gasteiger partial charge in [0.1, 0.15) is 17.0 Å². The summed E-state index contributed by atoms with van der Waals surface area (Å²) in [4.78, 5) is 17.3. The van der Waals surface area contributed by atoms with Gasteiger partial charge in [0.25, 0.3) is 5.91 Å². The van der Waals surface area contributed by atoms with E-state index >= 15 is 0 Å². The third-order valence-corrected chi connectivity index (χ3v) is 5.60. The number of nitrogens with one attached hydrogen (secondary N) is 1. The van der Waals surface area contributed by atoms with Gasteiger partial charge in [0, 0.05) is 22.9 Å². The van der Waals surface area contributed by atoms with Crippen LogP contribution in [0.3, 0.4) is 0 Å². The molecule has 1 N–H and O–H groups in total. The molecule has 0 spiro atoms. The van der Waals surface area contributed by atoms with Crippen LogP contribution in [0.5, 0.6) is 11.5 Å². The second kappa shape index (κ2) is 9.14. The van der Waals surface area contributed by atoms with Gasteiger partial charge >= 0.3 is 0 Å². The highest BCUT2D eigenvalue weighted by atomic mass is 16.5. The van der Waals surface area contributed by atoms with Crippen LogP contribution in [0.2, 0.25) is 0 Å². The Morgan fingerprint density at radius 3 is 2.31 bits per heavy atom. The zero-order chi connectivity index (χ0) is 22.7. The summed E-state index contributed by atoms with van der Waals surface area (Å²) in [7, 11) is 3.10. The van der Waals surface area contributed by atoms with Gasteiger partial charge in [-0.3, -0.25) is 4.79 Å². The van der Waals surface area contributed by atoms with Gasteiger partial charge in [-0.05, 0) is 66.4 Å². The Balaban J connectivity index is 1.52. The van der Waals surface area contributed by atoms with Crippen molar-refractivity contribution in [1.82, 2.24) is 4.98 Å². The number of carbonyl (C=O) groups excluding carboxylic acids is 1. The van der Waals surface area contributed by atoms with Crippen molar-refractivity contribution in [3.05, 3.63) is 71.8 Å². The molecule has 0 aliphatic rings. The Bertz CT molecular complexity index is 1220. The van der Waals surface area contributed by atoms with Crippen molar-refractivity contribution in [3.63, 3.8) is 0 Å². The summed E-state index contributed by atoms with van der Waals surface area (Å²) >= 11 is 0. The third-order valence-electron chi connectivity index (χ3n) is 5.60. The first-order valence-electron chi connectivity index (χ1n) is 10.6. The number of amides is 1. The molecule has 4 rings (SSSR count). The summed E-state index contributed by atoms with van der Waals surface area (Å²) in [5, 5.41) is 2.89. The Kier molecular flexibility index (Phi) is 6.12. The van der Waals surface area contributed by atoms with Crippen LogP contribution in [-0.4, -0.2) is 25.1 Å². The lowest BCUT2D eigenvalue weighted by Gasteiger charge is -2.09. The molecule has 0 fully saturated rings. The van der Waals surface area contributed by atoms with Gasteiger partial charge in [-0.1, -0.05) is 19.9 Å². The maximum atomic E-state index is 12.7. The highest BCUT2D eigenvalue weighted by Crippen LogP contribution is 2.29. The van der Waals surface area contributed by atoms with Gasteiger partial charge in [-0.2, -0.15) is 0 Å². The molecule has 6 nitrogen and oxygen atoms in total. The van der Waals surface area contributed by atoms with E-state index in [9.17, 15) is 4.79 Å². The molecular weight excluding hydrogens is 404 g/mol. The molecule has 3 aromatic carbocycles. The van der Waals surface area contributed by atoms with Crippen LogP contribution in [0.4, 0.5) is 5.69 Å². The highest BCUT2D eigenvalue weighted by molar-refractivity contribution is 6.04. The van der Waals surface area contributed by atoms with Crippen molar-refractivity contribution in [2.45, 2.75) is 26.2 Å². The van der Waals surface area contributed by atoms with Gasteiger partial charge < -0.3 is 19.2 Å². The average Bonchev–Trinajstić information content (AvgIpc) is 3.27. The van der Waals surface area contributed by atoms with Crippen LogP contribution in [0.1, 0.15) is 42.1 Å². The number of rotatable bonds is 7. The molecular formula is C26H26N2O4. The number of anilines is 1. The molecule has 6 heteroatoms. The molecule has 0 radical (unpaired) electrons. The van der Waals surface area contributed by atoms with Gasteiger partial charge in [0.2, 0.25) is 5.89 Å². The number of hydrogen-bond acceptors (Lipinski definition) is 5. The maximum Gasteiger partial charge on any atom is 0.255 e. The van der Waals surface area contributed by atoms with Crippen molar-refractivity contribution in [1.29, 1.82) is 0 Å². The van der Waals surface area contributed by atoms with Crippen molar-refractivity contribution in [2.24, 2.45) is 0 Å². The van der Waals surface area contributed by atoms with Crippen LogP contribution in [0.25, 0.3) is 22.6 Å². The first-order valence-corrected chi connectivity index (χ1v) is 10.6. The molecule has 1 atom stereocenters. The SMILES string of the molecule is CC[C@@H](C)c1ccc2oc(-c3ccc(NC(=O)c4cc(OC)cc(OC)c4)cc3)nc2c1. The third kappa shape index (κ3) is 4.44. The molecule has 0 saturated carbocycles. The second-order valence-electron chi connectivity index (χ2n) is 7.69. The molecule has 0 aliphatic carbocycles. The Hall–Kier alpha value is -3.80. The van der Waals surface area contributed by atoms with E-state index in [4.69, 9.17) is 13.9 Å². The summed E-state index contributed by atoms with van der Waals surface area (Å²) in [5.41, 5.74) is 4.81. The van der Waals surface area contributed by atoms with E-state index in [0.717, 1.165) is 23.1 Å². The summed E-state index contributed by atoms with van der Waals surface area (Å²) in [6, 6.07) is 18.6. The number of methoxy groups -OCH3 is 2. The van der Waals surface area contributed by atoms with Gasteiger partial charge in [-0.15, -0.1) is 0 Å². The van der Waals surface area contributed by atoms with E-state index in [1.54, 1.807) is 32.4 Å². The lowest BCUT2D eigenvalue weighted by Crippen LogP contribution is -2.12. The van der Waals surface area contributed by atoms with Gasteiger partial charge in [0.15, 0.2) is 5.58 Å². The highest BCUT2D eigenvalue weighted by Gasteiger charge is 2.13. The number of fused-ring (bicyclic) bond motifs is 1.